The van der Waals surface area contributed by atoms with Crippen LogP contribution in [0.5, 0.6) is 0 Å². The summed E-state index contributed by atoms with van der Waals surface area (Å²) in [6.07, 6.45) is 2.85. The van der Waals surface area contributed by atoms with Gasteiger partial charge in [-0.05, 0) is 29.5 Å². The molecule has 0 radical (unpaired) electrons. The van der Waals surface area contributed by atoms with Crippen LogP contribution in [0.3, 0.4) is 0 Å². The molecule has 7 nitrogen and oxygen atoms in total. The first-order chi connectivity index (χ1) is 12.0. The van der Waals surface area contributed by atoms with E-state index in [4.69, 9.17) is 19.8 Å². The molecule has 0 unspecified atom stereocenters. The number of carboxylic acids is 2. The Morgan fingerprint density at radius 3 is 2.40 bits per heavy atom. The Bertz CT molecular complexity index is 858. The molecule has 2 aromatic heterocycles. The number of aliphatic carboxylic acids is 2. The lowest BCUT2D eigenvalue weighted by Crippen LogP contribution is -2.24. The van der Waals surface area contributed by atoms with E-state index in [-0.39, 0.29) is 5.91 Å². The predicted octanol–water partition coefficient (Wildman–Crippen LogP) is 2.36. The Labute approximate surface area is 146 Å². The van der Waals surface area contributed by atoms with Gasteiger partial charge in [0.05, 0.1) is 4.88 Å². The molecule has 4 N–H and O–H groups in total. The number of aromatic amines is 1. The fraction of sp³-hybridized carbons (Fsp3) is 0.118. The van der Waals surface area contributed by atoms with Crippen molar-refractivity contribution in [1.29, 1.82) is 0 Å². The van der Waals surface area contributed by atoms with Gasteiger partial charge in [0.1, 0.15) is 0 Å². The molecule has 8 heteroatoms. The Morgan fingerprint density at radius 1 is 1.04 bits per heavy atom. The Morgan fingerprint density at radius 2 is 1.76 bits per heavy atom. The first-order valence-corrected chi connectivity index (χ1v) is 8.20. The molecule has 0 spiro atoms. The molecule has 0 fully saturated rings. The van der Waals surface area contributed by atoms with E-state index in [2.05, 4.69) is 22.4 Å². The van der Waals surface area contributed by atoms with Crippen molar-refractivity contribution >= 4 is 40.1 Å². The molecule has 0 atom stereocenters. The highest BCUT2D eigenvalue weighted by Gasteiger charge is 2.07. The molecule has 1 amide bonds. The van der Waals surface area contributed by atoms with Crippen molar-refractivity contribution in [2.45, 2.75) is 6.42 Å². The molecule has 0 saturated heterocycles. The maximum Gasteiger partial charge on any atom is 0.414 e. The minimum Gasteiger partial charge on any atom is -0.473 e. The standard InChI is InChI=1S/C15H14N2OS.C2H2O4/c18-15(14-6-3-9-19-14)16-8-7-11-10-17-13-5-2-1-4-12(11)13;3-1(4)2(5)6/h1-6,9-10,17H,7-8H2,(H,16,18);(H,3,4)(H,5,6). The number of hydrogen-bond donors (Lipinski definition) is 4. The monoisotopic (exact) mass is 360 g/mol. The highest BCUT2D eigenvalue weighted by Crippen LogP contribution is 2.17. The third-order valence-corrected chi connectivity index (χ3v) is 4.15. The number of fused-ring (bicyclic) bond motifs is 1. The first-order valence-electron chi connectivity index (χ1n) is 7.32. The third-order valence-electron chi connectivity index (χ3n) is 3.28. The molecule has 25 heavy (non-hydrogen) atoms. The van der Waals surface area contributed by atoms with Gasteiger partial charge in [-0.15, -0.1) is 11.3 Å². The summed E-state index contributed by atoms with van der Waals surface area (Å²) in [5, 5.41) is 20.9. The van der Waals surface area contributed by atoms with Gasteiger partial charge < -0.3 is 20.5 Å². The lowest BCUT2D eigenvalue weighted by molar-refractivity contribution is -0.159. The van der Waals surface area contributed by atoms with Crippen molar-refractivity contribution in [3.8, 4) is 0 Å². The number of thiophene rings is 1. The van der Waals surface area contributed by atoms with Crippen molar-refractivity contribution in [2.24, 2.45) is 0 Å². The zero-order valence-corrected chi connectivity index (χ0v) is 13.9. The van der Waals surface area contributed by atoms with E-state index in [1.54, 1.807) is 0 Å². The summed E-state index contributed by atoms with van der Waals surface area (Å²) in [5.41, 5.74) is 2.38. The van der Waals surface area contributed by atoms with Crippen molar-refractivity contribution in [3.05, 3.63) is 58.4 Å². The minimum absolute atomic E-state index is 0.00911. The smallest absolute Gasteiger partial charge is 0.414 e. The highest BCUT2D eigenvalue weighted by molar-refractivity contribution is 7.12. The second-order valence-corrected chi connectivity index (χ2v) is 5.90. The number of H-pyrrole nitrogens is 1. The van der Waals surface area contributed by atoms with Gasteiger partial charge in [0.2, 0.25) is 0 Å². The molecule has 0 aliphatic carbocycles. The third kappa shape index (κ3) is 5.18. The van der Waals surface area contributed by atoms with Gasteiger partial charge in [0.25, 0.3) is 5.91 Å². The van der Waals surface area contributed by atoms with E-state index in [9.17, 15) is 4.79 Å². The number of benzene rings is 1. The highest BCUT2D eigenvalue weighted by atomic mass is 32.1. The number of para-hydroxylation sites is 1. The Hall–Kier alpha value is -3.13. The van der Waals surface area contributed by atoms with Crippen LogP contribution in [-0.2, 0) is 16.0 Å². The molecule has 130 valence electrons. The van der Waals surface area contributed by atoms with Gasteiger partial charge in [-0.1, -0.05) is 24.3 Å². The number of carboxylic acid groups (broad SMARTS) is 2. The van der Waals surface area contributed by atoms with E-state index in [1.165, 1.54) is 22.3 Å². The maximum atomic E-state index is 11.8. The quantitative estimate of drug-likeness (QED) is 0.533. The zero-order chi connectivity index (χ0) is 18.2. The van der Waals surface area contributed by atoms with Crippen LogP contribution in [0.2, 0.25) is 0 Å². The van der Waals surface area contributed by atoms with Crippen LogP contribution in [0, 0.1) is 0 Å². The number of rotatable bonds is 4. The fourth-order valence-electron chi connectivity index (χ4n) is 2.14. The minimum atomic E-state index is -1.82. The number of aromatic nitrogens is 1. The summed E-state index contributed by atoms with van der Waals surface area (Å²) >= 11 is 1.46. The van der Waals surface area contributed by atoms with Gasteiger partial charge >= 0.3 is 11.9 Å². The predicted molar refractivity (Wildman–Crippen MR) is 93.9 cm³/mol. The summed E-state index contributed by atoms with van der Waals surface area (Å²) in [6, 6.07) is 11.9. The molecule has 1 aromatic carbocycles. The average molecular weight is 360 g/mol. The second kappa shape index (κ2) is 8.65. The van der Waals surface area contributed by atoms with Crippen LogP contribution < -0.4 is 5.32 Å². The SMILES string of the molecule is O=C(NCCc1c[nH]c2ccccc12)c1cccs1.O=C(O)C(=O)O. The Kier molecular flexibility index (Phi) is 6.30. The van der Waals surface area contributed by atoms with E-state index in [0.29, 0.717) is 6.54 Å². The second-order valence-electron chi connectivity index (χ2n) is 4.95. The number of carbonyl (C=O) groups excluding carboxylic acids is 1. The van der Waals surface area contributed by atoms with Gasteiger partial charge in [0.15, 0.2) is 0 Å². The first kappa shape index (κ1) is 18.2. The van der Waals surface area contributed by atoms with Crippen molar-refractivity contribution in [3.63, 3.8) is 0 Å². The van der Waals surface area contributed by atoms with Crippen LogP contribution in [-0.4, -0.2) is 39.6 Å². The van der Waals surface area contributed by atoms with Crippen molar-refractivity contribution in [1.82, 2.24) is 10.3 Å². The molecule has 0 aliphatic heterocycles. The van der Waals surface area contributed by atoms with Gasteiger partial charge in [-0.25, -0.2) is 9.59 Å². The van der Waals surface area contributed by atoms with E-state index >= 15 is 0 Å². The van der Waals surface area contributed by atoms with E-state index in [0.717, 1.165) is 16.8 Å². The number of carbonyl (C=O) groups is 3. The molecular weight excluding hydrogens is 344 g/mol. The molecule has 0 bridgehead atoms. The molecule has 3 rings (SSSR count). The summed E-state index contributed by atoms with van der Waals surface area (Å²) in [6.45, 7) is 0.651. The summed E-state index contributed by atoms with van der Waals surface area (Å²) < 4.78 is 0. The average Bonchev–Trinajstić information content (AvgIpc) is 3.25. The van der Waals surface area contributed by atoms with E-state index in [1.807, 2.05) is 35.8 Å². The van der Waals surface area contributed by atoms with Crippen LogP contribution in [0.4, 0.5) is 0 Å². The zero-order valence-electron chi connectivity index (χ0n) is 13.1. The number of nitrogens with one attached hydrogen (secondary N) is 2. The van der Waals surface area contributed by atoms with E-state index < -0.39 is 11.9 Å². The summed E-state index contributed by atoms with van der Waals surface area (Å²) in [5.74, 6) is -3.64. The summed E-state index contributed by atoms with van der Waals surface area (Å²) in [7, 11) is 0. The number of hydrogen-bond acceptors (Lipinski definition) is 4. The fourth-order valence-corrected chi connectivity index (χ4v) is 2.78. The molecule has 2 heterocycles. The lowest BCUT2D eigenvalue weighted by Gasteiger charge is -2.02. The number of amides is 1. The van der Waals surface area contributed by atoms with Crippen LogP contribution in [0.25, 0.3) is 10.9 Å². The normalized spacial score (nSPS) is 9.92. The van der Waals surface area contributed by atoms with Crippen LogP contribution in [0.1, 0.15) is 15.2 Å². The van der Waals surface area contributed by atoms with Crippen molar-refractivity contribution in [2.75, 3.05) is 6.54 Å². The Balaban J connectivity index is 0.000000326. The molecule has 0 aliphatic rings. The maximum absolute atomic E-state index is 11.8. The van der Waals surface area contributed by atoms with Gasteiger partial charge in [0, 0.05) is 23.6 Å². The van der Waals surface area contributed by atoms with Gasteiger partial charge in [-0.2, -0.15) is 0 Å². The largest absolute Gasteiger partial charge is 0.473 e. The van der Waals surface area contributed by atoms with Gasteiger partial charge in [-0.3, -0.25) is 4.79 Å². The topological polar surface area (TPSA) is 119 Å². The van der Waals surface area contributed by atoms with Crippen LogP contribution >= 0.6 is 11.3 Å². The summed E-state index contributed by atoms with van der Waals surface area (Å²) in [4.78, 5) is 34.0. The molecule has 0 saturated carbocycles. The van der Waals surface area contributed by atoms with Crippen molar-refractivity contribution < 1.29 is 24.6 Å². The lowest BCUT2D eigenvalue weighted by atomic mass is 10.1. The molecular formula is C17H16N2O5S. The van der Waals surface area contributed by atoms with Crippen LogP contribution in [0.15, 0.2) is 48.0 Å². The molecule has 3 aromatic rings.